The Hall–Kier alpha value is -0.810. The maximum absolute atomic E-state index is 10.2. The fourth-order valence-electron chi connectivity index (χ4n) is 0.675. The number of rotatable bonds is 2. The number of carbonyl (C=O) groups excluding carboxylic acids is 1. The quantitative estimate of drug-likeness (QED) is 0.449. The van der Waals surface area contributed by atoms with E-state index in [-0.39, 0.29) is 5.41 Å². The van der Waals surface area contributed by atoms with Crippen LogP contribution in [0, 0.1) is 16.7 Å². The zero-order valence-corrected chi connectivity index (χ0v) is 6.06. The molecule has 0 aromatic rings. The summed E-state index contributed by atoms with van der Waals surface area (Å²) in [4.78, 5) is 10.2. The topological polar surface area (TPSA) is 40.9 Å². The van der Waals surface area contributed by atoms with Crippen LogP contribution in [0.5, 0.6) is 0 Å². The molecule has 0 saturated heterocycles. The van der Waals surface area contributed by atoms with Crippen molar-refractivity contribution < 1.29 is 4.79 Å². The first-order valence-corrected chi connectivity index (χ1v) is 3.36. The molecule has 1 fully saturated rings. The minimum absolute atomic E-state index is 0.357. The fourth-order valence-corrected chi connectivity index (χ4v) is 0.738. The van der Waals surface area contributed by atoms with Crippen LogP contribution in [0.15, 0.2) is 12.2 Å². The summed E-state index contributed by atoms with van der Waals surface area (Å²) in [5.41, 5.74) is -0.357. The second kappa shape index (κ2) is 2.43. The Balaban J connectivity index is 2.54. The molecule has 2 nitrogen and oxygen atoms in total. The normalized spacial score (nSPS) is 20.4. The van der Waals surface area contributed by atoms with Crippen molar-refractivity contribution in [2.45, 2.75) is 12.8 Å². The summed E-state index contributed by atoms with van der Waals surface area (Å²) in [6.45, 7) is 0. The molecule has 0 radical (unpaired) electrons. The van der Waals surface area contributed by atoms with Gasteiger partial charge in [-0.1, -0.05) is 6.08 Å². The molecule has 52 valence electrons. The van der Waals surface area contributed by atoms with E-state index in [2.05, 4.69) is 6.07 Å². The molecule has 0 aromatic heterocycles. The molecule has 0 amide bonds. The lowest BCUT2D eigenvalue weighted by Gasteiger charge is -1.90. The highest BCUT2D eigenvalue weighted by molar-refractivity contribution is 6.66. The van der Waals surface area contributed by atoms with Crippen molar-refractivity contribution in [3.63, 3.8) is 0 Å². The number of carbonyl (C=O) groups is 1. The van der Waals surface area contributed by atoms with Gasteiger partial charge in [-0.05, 0) is 30.5 Å². The van der Waals surface area contributed by atoms with Crippen molar-refractivity contribution in [1.82, 2.24) is 0 Å². The zero-order chi connectivity index (χ0) is 7.61. The van der Waals surface area contributed by atoms with E-state index < -0.39 is 5.24 Å². The monoisotopic (exact) mass is 155 g/mol. The lowest BCUT2D eigenvalue weighted by molar-refractivity contribution is -0.107. The number of allylic oxidation sites excluding steroid dienone is 2. The van der Waals surface area contributed by atoms with E-state index in [1.54, 1.807) is 6.08 Å². The lowest BCUT2D eigenvalue weighted by atomic mass is 10.1. The first-order chi connectivity index (χ1) is 4.68. The van der Waals surface area contributed by atoms with Crippen LogP contribution in [0.4, 0.5) is 0 Å². The highest BCUT2D eigenvalue weighted by atomic mass is 35.5. The van der Waals surface area contributed by atoms with Crippen molar-refractivity contribution in [3.8, 4) is 6.07 Å². The third-order valence-electron chi connectivity index (χ3n) is 1.54. The predicted molar refractivity (Wildman–Crippen MR) is 37.3 cm³/mol. The average molecular weight is 156 g/mol. The van der Waals surface area contributed by atoms with Gasteiger partial charge in [-0.25, -0.2) is 0 Å². The van der Waals surface area contributed by atoms with E-state index in [9.17, 15) is 4.79 Å². The molecule has 1 aliphatic carbocycles. The SMILES string of the molecule is N#CC1(C=CC(=O)Cl)CC1. The van der Waals surface area contributed by atoms with Crippen LogP contribution in [0.3, 0.4) is 0 Å². The minimum Gasteiger partial charge on any atom is -0.276 e. The maximum Gasteiger partial charge on any atom is 0.244 e. The van der Waals surface area contributed by atoms with E-state index >= 15 is 0 Å². The predicted octanol–water partition coefficient (Wildman–Crippen LogP) is 1.61. The molecule has 1 saturated carbocycles. The molecule has 0 atom stereocenters. The molecule has 0 heterocycles. The maximum atomic E-state index is 10.2. The summed E-state index contributed by atoms with van der Waals surface area (Å²) < 4.78 is 0. The molecular formula is C7H6ClNO. The van der Waals surface area contributed by atoms with Crippen LogP contribution in [0.2, 0.25) is 0 Å². The summed E-state index contributed by atoms with van der Waals surface area (Å²) in [6.07, 6.45) is 4.54. The number of halogens is 1. The number of nitriles is 1. The van der Waals surface area contributed by atoms with E-state index in [1.807, 2.05) is 0 Å². The summed E-state index contributed by atoms with van der Waals surface area (Å²) >= 11 is 5.03. The smallest absolute Gasteiger partial charge is 0.244 e. The standard InChI is InChI=1S/C7H6ClNO/c8-6(10)1-2-7(5-9)3-4-7/h1-2H,3-4H2. The Morgan fingerprint density at radius 3 is 2.60 bits per heavy atom. The van der Waals surface area contributed by atoms with Gasteiger partial charge in [-0.3, -0.25) is 4.79 Å². The van der Waals surface area contributed by atoms with Crippen molar-refractivity contribution in [2.24, 2.45) is 5.41 Å². The van der Waals surface area contributed by atoms with Crippen LogP contribution in [0.25, 0.3) is 0 Å². The Morgan fingerprint density at radius 1 is 1.70 bits per heavy atom. The van der Waals surface area contributed by atoms with Gasteiger partial charge < -0.3 is 0 Å². The van der Waals surface area contributed by atoms with E-state index in [0.717, 1.165) is 12.8 Å². The van der Waals surface area contributed by atoms with Crippen LogP contribution in [-0.2, 0) is 4.79 Å². The summed E-state index contributed by atoms with van der Waals surface area (Å²) in [7, 11) is 0. The van der Waals surface area contributed by atoms with Crippen molar-refractivity contribution in [1.29, 1.82) is 5.26 Å². The molecule has 0 bridgehead atoms. The van der Waals surface area contributed by atoms with Gasteiger partial charge in [0.05, 0.1) is 11.5 Å². The van der Waals surface area contributed by atoms with E-state index in [0.29, 0.717) is 0 Å². The Kier molecular flexibility index (Phi) is 1.78. The first-order valence-electron chi connectivity index (χ1n) is 2.98. The fraction of sp³-hybridized carbons (Fsp3) is 0.429. The van der Waals surface area contributed by atoms with E-state index in [4.69, 9.17) is 16.9 Å². The molecule has 1 rings (SSSR count). The van der Waals surface area contributed by atoms with Gasteiger partial charge in [0.2, 0.25) is 5.24 Å². The number of nitrogens with zero attached hydrogens (tertiary/aromatic N) is 1. The molecule has 3 heteroatoms. The van der Waals surface area contributed by atoms with Gasteiger partial charge in [-0.15, -0.1) is 0 Å². The van der Waals surface area contributed by atoms with Crippen molar-refractivity contribution in [2.75, 3.05) is 0 Å². The van der Waals surface area contributed by atoms with Crippen LogP contribution in [-0.4, -0.2) is 5.24 Å². The summed E-state index contributed by atoms with van der Waals surface area (Å²) in [5.74, 6) is 0. The molecule has 0 aliphatic heterocycles. The molecule has 0 unspecified atom stereocenters. The average Bonchev–Trinajstić information content (AvgIpc) is 2.64. The molecule has 10 heavy (non-hydrogen) atoms. The highest BCUT2D eigenvalue weighted by Crippen LogP contribution is 2.46. The molecule has 0 N–H and O–H groups in total. The van der Waals surface area contributed by atoms with Crippen LogP contribution >= 0.6 is 11.6 Å². The minimum atomic E-state index is -0.512. The van der Waals surface area contributed by atoms with Crippen LogP contribution in [0.1, 0.15) is 12.8 Å². The number of hydrogen-bond donors (Lipinski definition) is 0. The van der Waals surface area contributed by atoms with Gasteiger partial charge in [0.25, 0.3) is 0 Å². The summed E-state index contributed by atoms with van der Waals surface area (Å²) in [5, 5.41) is 8.00. The molecule has 0 spiro atoms. The van der Waals surface area contributed by atoms with Gasteiger partial charge in [0.15, 0.2) is 0 Å². The largest absolute Gasteiger partial charge is 0.276 e. The molecular weight excluding hydrogens is 150 g/mol. The lowest BCUT2D eigenvalue weighted by Crippen LogP contribution is -1.89. The summed E-state index contributed by atoms with van der Waals surface area (Å²) in [6, 6.07) is 2.11. The van der Waals surface area contributed by atoms with Crippen molar-refractivity contribution in [3.05, 3.63) is 12.2 Å². The second-order valence-corrected chi connectivity index (χ2v) is 2.78. The van der Waals surface area contributed by atoms with E-state index in [1.165, 1.54) is 6.08 Å². The molecule has 1 aliphatic rings. The van der Waals surface area contributed by atoms with Gasteiger partial charge in [0, 0.05) is 0 Å². The number of hydrogen-bond acceptors (Lipinski definition) is 2. The van der Waals surface area contributed by atoms with Gasteiger partial charge in [0.1, 0.15) is 0 Å². The Morgan fingerprint density at radius 2 is 2.30 bits per heavy atom. The Labute approximate surface area is 64.1 Å². The highest BCUT2D eigenvalue weighted by Gasteiger charge is 2.40. The Bertz CT molecular complexity index is 222. The zero-order valence-electron chi connectivity index (χ0n) is 5.30. The van der Waals surface area contributed by atoms with Gasteiger partial charge in [-0.2, -0.15) is 5.26 Å². The second-order valence-electron chi connectivity index (χ2n) is 2.41. The van der Waals surface area contributed by atoms with Gasteiger partial charge >= 0.3 is 0 Å². The third-order valence-corrected chi connectivity index (χ3v) is 1.67. The third kappa shape index (κ3) is 1.58. The van der Waals surface area contributed by atoms with Crippen molar-refractivity contribution >= 4 is 16.8 Å². The first kappa shape index (κ1) is 7.30. The molecule has 0 aromatic carbocycles. The van der Waals surface area contributed by atoms with Crippen LogP contribution < -0.4 is 0 Å².